The number of benzene rings is 1. The quantitative estimate of drug-likeness (QED) is 0.828. The number of nitrogens with zero attached hydrogens (tertiary/aromatic N) is 1. The highest BCUT2D eigenvalue weighted by Crippen LogP contribution is 2.28. The lowest BCUT2D eigenvalue weighted by Crippen LogP contribution is -2.30. The van der Waals surface area contributed by atoms with E-state index in [0.29, 0.717) is 11.3 Å². The van der Waals surface area contributed by atoms with E-state index >= 15 is 0 Å². The maximum Gasteiger partial charge on any atom is 0.254 e. The number of halogens is 1. The maximum absolute atomic E-state index is 14.0. The molecule has 0 radical (unpaired) electrons. The Labute approximate surface area is 122 Å². The predicted octanol–water partition coefficient (Wildman–Crippen LogP) is 1.59. The van der Waals surface area contributed by atoms with Gasteiger partial charge in [0.05, 0.1) is 24.3 Å². The number of hydrazine groups is 1. The third-order valence-electron chi connectivity index (χ3n) is 3.14. The van der Waals surface area contributed by atoms with E-state index in [1.165, 1.54) is 18.1 Å². The zero-order valence-electron chi connectivity index (χ0n) is 12.2. The molecule has 0 spiro atoms. The van der Waals surface area contributed by atoms with E-state index in [2.05, 4.69) is 10.9 Å². The van der Waals surface area contributed by atoms with Crippen molar-refractivity contribution in [1.82, 2.24) is 10.5 Å². The molecule has 2 amide bonds. The fourth-order valence-corrected chi connectivity index (χ4v) is 1.88. The lowest BCUT2D eigenvalue weighted by atomic mass is 9.95. The molecule has 0 aromatic heterocycles. The first kappa shape index (κ1) is 15.2. The van der Waals surface area contributed by atoms with Gasteiger partial charge in [-0.25, -0.2) is 9.45 Å². The van der Waals surface area contributed by atoms with Crippen molar-refractivity contribution in [2.75, 3.05) is 12.0 Å². The topological polar surface area (TPSA) is 70.7 Å². The number of anilines is 1. The van der Waals surface area contributed by atoms with Gasteiger partial charge in [0.15, 0.2) is 0 Å². The molecule has 1 aliphatic rings. The monoisotopic (exact) mass is 295 g/mol. The highest BCUT2D eigenvalue weighted by atomic mass is 19.1. The van der Waals surface area contributed by atoms with Crippen LogP contribution in [0.2, 0.25) is 0 Å². The summed E-state index contributed by atoms with van der Waals surface area (Å²) in [7, 11) is 0. The number of amides is 2. The summed E-state index contributed by atoms with van der Waals surface area (Å²) in [5.74, 6) is -0.924. The Kier molecular flexibility index (Phi) is 4.13. The second-order valence-electron chi connectivity index (χ2n) is 5.61. The number of hydrogen-bond acceptors (Lipinski definition) is 4. The molecular formula is C14H18FN3O3. The van der Waals surface area contributed by atoms with Gasteiger partial charge in [0.1, 0.15) is 5.82 Å². The molecule has 0 bridgehead atoms. The van der Waals surface area contributed by atoms with E-state index in [-0.39, 0.29) is 25.0 Å². The predicted molar refractivity (Wildman–Crippen MR) is 74.1 cm³/mol. The second-order valence-corrected chi connectivity index (χ2v) is 5.61. The third kappa shape index (κ3) is 3.49. The van der Waals surface area contributed by atoms with Crippen molar-refractivity contribution in [1.29, 1.82) is 0 Å². The molecule has 2 N–H and O–H groups in total. The number of hydroxylamine groups is 2. The Morgan fingerprint density at radius 1 is 1.48 bits per heavy atom. The molecular weight excluding hydrogens is 277 g/mol. The Balaban J connectivity index is 2.05. The highest BCUT2D eigenvalue weighted by Gasteiger charge is 2.40. The van der Waals surface area contributed by atoms with Gasteiger partial charge in [-0.2, -0.15) is 0 Å². The molecule has 1 heterocycles. The number of nitrogens with one attached hydrogen (secondary N) is 2. The van der Waals surface area contributed by atoms with Crippen molar-refractivity contribution >= 4 is 17.5 Å². The molecule has 6 nitrogen and oxygen atoms in total. The Morgan fingerprint density at radius 3 is 2.71 bits per heavy atom. The van der Waals surface area contributed by atoms with Crippen LogP contribution in [-0.2, 0) is 21.0 Å². The minimum atomic E-state index is -0.580. The molecule has 21 heavy (non-hydrogen) atoms. The van der Waals surface area contributed by atoms with Gasteiger partial charge in [-0.05, 0) is 26.0 Å². The molecule has 114 valence electrons. The minimum absolute atomic E-state index is 0.0501. The number of hydrogen-bond donors (Lipinski definition) is 2. The summed E-state index contributed by atoms with van der Waals surface area (Å²) >= 11 is 0. The van der Waals surface area contributed by atoms with E-state index in [1.807, 2.05) is 0 Å². The highest BCUT2D eigenvalue weighted by molar-refractivity contribution is 5.82. The van der Waals surface area contributed by atoms with Crippen LogP contribution in [0, 0.1) is 11.2 Å². The first-order valence-corrected chi connectivity index (χ1v) is 6.55. The summed E-state index contributed by atoms with van der Waals surface area (Å²) in [6.07, 6.45) is 0. The Hall–Kier alpha value is -2.15. The van der Waals surface area contributed by atoms with Gasteiger partial charge in [-0.15, -0.1) is 0 Å². The van der Waals surface area contributed by atoms with E-state index < -0.39 is 11.2 Å². The SMILES string of the molecule is CC(=O)NNc1ccc(CN2OCC(C)(C)C2=O)c(F)c1. The lowest BCUT2D eigenvalue weighted by molar-refractivity contribution is -0.165. The van der Waals surface area contributed by atoms with Gasteiger partial charge < -0.3 is 0 Å². The molecule has 2 rings (SSSR count). The molecule has 1 saturated heterocycles. The first-order valence-electron chi connectivity index (χ1n) is 6.55. The smallest absolute Gasteiger partial charge is 0.254 e. The fraction of sp³-hybridized carbons (Fsp3) is 0.429. The largest absolute Gasteiger partial charge is 0.299 e. The van der Waals surface area contributed by atoms with Crippen LogP contribution in [0.4, 0.5) is 10.1 Å². The summed E-state index contributed by atoms with van der Waals surface area (Å²) in [5.41, 5.74) is 5.11. The standard InChI is InChI=1S/C14H18FN3O3/c1-9(19)16-17-11-5-4-10(12(15)6-11)7-18-13(20)14(2,3)8-21-18/h4-6,17H,7-8H2,1-3H3,(H,16,19). The number of carbonyl (C=O) groups excluding carboxylic acids is 2. The zero-order chi connectivity index (χ0) is 15.6. The molecule has 1 fully saturated rings. The van der Waals surface area contributed by atoms with Crippen molar-refractivity contribution in [3.05, 3.63) is 29.6 Å². The summed E-state index contributed by atoms with van der Waals surface area (Å²) in [6, 6.07) is 4.40. The summed E-state index contributed by atoms with van der Waals surface area (Å²) in [4.78, 5) is 28.1. The molecule has 1 aliphatic heterocycles. The van der Waals surface area contributed by atoms with Gasteiger partial charge in [-0.3, -0.25) is 25.3 Å². The second kappa shape index (κ2) is 5.69. The van der Waals surface area contributed by atoms with Crippen LogP contribution in [-0.4, -0.2) is 23.5 Å². The van der Waals surface area contributed by atoms with Crippen LogP contribution in [0.3, 0.4) is 0 Å². The molecule has 0 unspecified atom stereocenters. The first-order chi connectivity index (χ1) is 9.79. The van der Waals surface area contributed by atoms with Crippen LogP contribution in [0.5, 0.6) is 0 Å². The van der Waals surface area contributed by atoms with Gasteiger partial charge in [0, 0.05) is 12.5 Å². The molecule has 1 aromatic rings. The van der Waals surface area contributed by atoms with Gasteiger partial charge >= 0.3 is 0 Å². The molecule has 0 aliphatic carbocycles. The van der Waals surface area contributed by atoms with Crippen molar-refractivity contribution in [2.45, 2.75) is 27.3 Å². The van der Waals surface area contributed by atoms with Gasteiger partial charge in [-0.1, -0.05) is 6.07 Å². The summed E-state index contributed by atoms with van der Waals surface area (Å²) in [6.45, 7) is 5.25. The summed E-state index contributed by atoms with van der Waals surface area (Å²) < 4.78 is 14.0. The van der Waals surface area contributed by atoms with Gasteiger partial charge in [0.25, 0.3) is 5.91 Å². The van der Waals surface area contributed by atoms with Gasteiger partial charge in [0.2, 0.25) is 5.91 Å². The third-order valence-corrected chi connectivity index (χ3v) is 3.14. The van der Waals surface area contributed by atoms with Crippen LogP contribution in [0.1, 0.15) is 26.3 Å². The van der Waals surface area contributed by atoms with Crippen LogP contribution in [0.15, 0.2) is 18.2 Å². The Morgan fingerprint density at radius 2 is 2.19 bits per heavy atom. The van der Waals surface area contributed by atoms with Crippen molar-refractivity contribution in [3.63, 3.8) is 0 Å². The van der Waals surface area contributed by atoms with Crippen LogP contribution in [0.25, 0.3) is 0 Å². The minimum Gasteiger partial charge on any atom is -0.299 e. The summed E-state index contributed by atoms with van der Waals surface area (Å²) in [5, 5.41) is 1.18. The van der Waals surface area contributed by atoms with E-state index in [0.717, 1.165) is 0 Å². The lowest BCUT2D eigenvalue weighted by Gasteiger charge is -2.17. The molecule has 7 heteroatoms. The zero-order valence-corrected chi connectivity index (χ0v) is 12.2. The normalized spacial score (nSPS) is 17.0. The van der Waals surface area contributed by atoms with Crippen LogP contribution < -0.4 is 10.9 Å². The van der Waals surface area contributed by atoms with E-state index in [4.69, 9.17) is 4.84 Å². The van der Waals surface area contributed by atoms with E-state index in [9.17, 15) is 14.0 Å². The van der Waals surface area contributed by atoms with Crippen molar-refractivity contribution in [3.8, 4) is 0 Å². The average molecular weight is 295 g/mol. The van der Waals surface area contributed by atoms with Crippen molar-refractivity contribution < 1.29 is 18.8 Å². The number of rotatable bonds is 4. The average Bonchev–Trinajstić information content (AvgIpc) is 2.66. The Bertz CT molecular complexity index is 575. The fourth-order valence-electron chi connectivity index (χ4n) is 1.88. The van der Waals surface area contributed by atoms with Crippen molar-refractivity contribution in [2.24, 2.45) is 5.41 Å². The van der Waals surface area contributed by atoms with Crippen LogP contribution >= 0.6 is 0 Å². The molecule has 1 aromatic carbocycles. The molecule has 0 saturated carbocycles. The maximum atomic E-state index is 14.0. The molecule has 0 atom stereocenters. The number of carbonyl (C=O) groups is 2. The van der Waals surface area contributed by atoms with E-state index in [1.54, 1.807) is 26.0 Å².